The molecule has 0 saturated carbocycles. The number of hydrogen-bond donors (Lipinski definition) is 2. The number of aryl methyl sites for hydroxylation is 2. The van der Waals surface area contributed by atoms with E-state index in [2.05, 4.69) is 4.84 Å². The third-order valence-corrected chi connectivity index (χ3v) is 2.48. The Balaban J connectivity index is 3.00. The fourth-order valence-electron chi connectivity index (χ4n) is 1.66. The van der Waals surface area contributed by atoms with Gasteiger partial charge in [-0.15, -0.1) is 0 Å². The van der Waals surface area contributed by atoms with Gasteiger partial charge in [0.1, 0.15) is 11.9 Å². The van der Waals surface area contributed by atoms with Crippen LogP contribution >= 0.6 is 0 Å². The quantitative estimate of drug-likeness (QED) is 0.747. The average Bonchev–Trinajstić information content (AvgIpc) is 2.23. The molecule has 0 aliphatic carbocycles. The van der Waals surface area contributed by atoms with Crippen molar-refractivity contribution >= 4 is 0 Å². The molecule has 90 valence electrons. The predicted molar refractivity (Wildman–Crippen MR) is 62.2 cm³/mol. The van der Waals surface area contributed by atoms with Crippen LogP contribution in [0.15, 0.2) is 12.1 Å². The van der Waals surface area contributed by atoms with Gasteiger partial charge in [0.05, 0.1) is 13.2 Å². The molecule has 0 spiro atoms. The molecule has 0 aliphatic rings. The van der Waals surface area contributed by atoms with Crippen LogP contribution in [0.5, 0.6) is 5.75 Å². The summed E-state index contributed by atoms with van der Waals surface area (Å²) in [5, 5.41) is 9.80. The summed E-state index contributed by atoms with van der Waals surface area (Å²) in [6.45, 7) is 6.54. The molecule has 0 bridgehead atoms. The number of rotatable bonds is 5. The van der Waals surface area contributed by atoms with Gasteiger partial charge in [0.25, 0.3) is 0 Å². The number of nitrogens with two attached hydrogens (primary N) is 1. The highest BCUT2D eigenvalue weighted by Crippen LogP contribution is 2.26. The van der Waals surface area contributed by atoms with Crippen molar-refractivity contribution in [2.24, 2.45) is 5.90 Å². The van der Waals surface area contributed by atoms with Gasteiger partial charge in [-0.1, -0.05) is 0 Å². The molecule has 1 atom stereocenters. The van der Waals surface area contributed by atoms with Crippen molar-refractivity contribution < 1.29 is 14.7 Å². The van der Waals surface area contributed by atoms with Crippen molar-refractivity contribution in [1.29, 1.82) is 0 Å². The van der Waals surface area contributed by atoms with E-state index >= 15 is 0 Å². The van der Waals surface area contributed by atoms with Crippen molar-refractivity contribution in [3.05, 3.63) is 28.8 Å². The first-order valence-corrected chi connectivity index (χ1v) is 5.33. The smallest absolute Gasteiger partial charge is 0.122 e. The average molecular weight is 225 g/mol. The Bertz CT molecular complexity index is 352. The second-order valence-corrected chi connectivity index (χ2v) is 3.76. The van der Waals surface area contributed by atoms with E-state index < -0.39 is 6.10 Å². The largest absolute Gasteiger partial charge is 0.494 e. The molecule has 4 heteroatoms. The number of aliphatic hydroxyl groups is 1. The lowest BCUT2D eigenvalue weighted by Crippen LogP contribution is -2.12. The lowest BCUT2D eigenvalue weighted by Gasteiger charge is -2.16. The standard InChI is InChI=1S/C12H19NO3/c1-4-15-12-6-8(2)10(5-9(12)3)11(14)7-16-13/h5-6,11,14H,4,7,13H2,1-3H3. The second kappa shape index (κ2) is 5.84. The van der Waals surface area contributed by atoms with Crippen LogP contribution < -0.4 is 10.6 Å². The number of ether oxygens (including phenoxy) is 1. The van der Waals surface area contributed by atoms with Gasteiger partial charge in [-0.25, -0.2) is 5.90 Å². The molecule has 1 rings (SSSR count). The lowest BCUT2D eigenvalue weighted by molar-refractivity contribution is 0.0355. The summed E-state index contributed by atoms with van der Waals surface area (Å²) in [4.78, 5) is 4.45. The van der Waals surface area contributed by atoms with Gasteiger partial charge in [-0.05, 0) is 49.6 Å². The molecule has 4 nitrogen and oxygen atoms in total. The van der Waals surface area contributed by atoms with E-state index in [1.165, 1.54) is 0 Å². The molecule has 0 saturated heterocycles. The molecule has 0 aromatic heterocycles. The zero-order chi connectivity index (χ0) is 12.1. The van der Waals surface area contributed by atoms with Crippen molar-refractivity contribution in [3.63, 3.8) is 0 Å². The Hall–Kier alpha value is -1.10. The van der Waals surface area contributed by atoms with Crippen molar-refractivity contribution in [2.75, 3.05) is 13.2 Å². The lowest BCUT2D eigenvalue weighted by atomic mass is 10.0. The first-order valence-electron chi connectivity index (χ1n) is 5.33. The van der Waals surface area contributed by atoms with E-state index in [-0.39, 0.29) is 6.61 Å². The summed E-state index contributed by atoms with van der Waals surface area (Å²) in [5.74, 6) is 5.80. The maximum atomic E-state index is 9.80. The van der Waals surface area contributed by atoms with Gasteiger partial charge in [-0.2, -0.15) is 0 Å². The zero-order valence-electron chi connectivity index (χ0n) is 9.99. The number of benzene rings is 1. The van der Waals surface area contributed by atoms with E-state index in [1.807, 2.05) is 32.9 Å². The van der Waals surface area contributed by atoms with Crippen LogP contribution in [0.2, 0.25) is 0 Å². The van der Waals surface area contributed by atoms with Gasteiger partial charge < -0.3 is 14.7 Å². The first kappa shape index (κ1) is 13.0. The minimum atomic E-state index is -0.695. The van der Waals surface area contributed by atoms with Crippen LogP contribution in [0.3, 0.4) is 0 Å². The second-order valence-electron chi connectivity index (χ2n) is 3.76. The monoisotopic (exact) mass is 225 g/mol. The Morgan fingerprint density at radius 1 is 1.31 bits per heavy atom. The molecular weight excluding hydrogens is 206 g/mol. The molecular formula is C12H19NO3. The summed E-state index contributed by atoms with van der Waals surface area (Å²) in [7, 11) is 0. The SMILES string of the molecule is CCOc1cc(C)c(C(O)CON)cc1C. The van der Waals surface area contributed by atoms with Crippen LogP contribution in [0, 0.1) is 13.8 Å². The first-order chi connectivity index (χ1) is 7.60. The van der Waals surface area contributed by atoms with Gasteiger partial charge in [-0.3, -0.25) is 0 Å². The Labute approximate surface area is 95.9 Å². The summed E-state index contributed by atoms with van der Waals surface area (Å²) >= 11 is 0. The molecule has 1 aromatic carbocycles. The highest BCUT2D eigenvalue weighted by Gasteiger charge is 2.13. The molecule has 1 unspecified atom stereocenters. The molecule has 0 amide bonds. The minimum Gasteiger partial charge on any atom is -0.494 e. The van der Waals surface area contributed by atoms with Gasteiger partial charge in [0, 0.05) is 0 Å². The third kappa shape index (κ3) is 2.95. The van der Waals surface area contributed by atoms with Gasteiger partial charge in [0.2, 0.25) is 0 Å². The Morgan fingerprint density at radius 2 is 2.00 bits per heavy atom. The summed E-state index contributed by atoms with van der Waals surface area (Å²) in [6.07, 6.45) is -0.695. The topological polar surface area (TPSA) is 64.7 Å². The van der Waals surface area contributed by atoms with Crippen LogP contribution in [0.25, 0.3) is 0 Å². The molecule has 1 aromatic rings. The third-order valence-electron chi connectivity index (χ3n) is 2.48. The van der Waals surface area contributed by atoms with E-state index in [0.717, 1.165) is 22.4 Å². The van der Waals surface area contributed by atoms with E-state index in [0.29, 0.717) is 6.61 Å². The summed E-state index contributed by atoms with van der Waals surface area (Å²) in [6, 6.07) is 3.83. The number of hydrogen-bond acceptors (Lipinski definition) is 4. The fraction of sp³-hybridized carbons (Fsp3) is 0.500. The molecule has 0 radical (unpaired) electrons. The van der Waals surface area contributed by atoms with Crippen molar-refractivity contribution in [3.8, 4) is 5.75 Å². The van der Waals surface area contributed by atoms with Crippen molar-refractivity contribution in [2.45, 2.75) is 26.9 Å². The van der Waals surface area contributed by atoms with Crippen LogP contribution in [0.1, 0.15) is 29.7 Å². The fourth-order valence-corrected chi connectivity index (χ4v) is 1.66. The normalized spacial score (nSPS) is 12.6. The van der Waals surface area contributed by atoms with E-state index in [1.54, 1.807) is 0 Å². The minimum absolute atomic E-state index is 0.0915. The van der Waals surface area contributed by atoms with Crippen LogP contribution in [-0.2, 0) is 4.84 Å². The predicted octanol–water partition coefficient (Wildman–Crippen LogP) is 1.63. The molecule has 0 aliphatic heterocycles. The molecule has 16 heavy (non-hydrogen) atoms. The highest BCUT2D eigenvalue weighted by molar-refractivity contribution is 5.42. The molecule has 0 heterocycles. The highest BCUT2D eigenvalue weighted by atomic mass is 16.6. The molecule has 0 fully saturated rings. The van der Waals surface area contributed by atoms with Crippen LogP contribution in [-0.4, -0.2) is 18.3 Å². The Kier molecular flexibility index (Phi) is 4.73. The molecule has 3 N–H and O–H groups in total. The van der Waals surface area contributed by atoms with Crippen LogP contribution in [0.4, 0.5) is 0 Å². The van der Waals surface area contributed by atoms with E-state index in [9.17, 15) is 5.11 Å². The van der Waals surface area contributed by atoms with Crippen molar-refractivity contribution in [1.82, 2.24) is 0 Å². The van der Waals surface area contributed by atoms with Gasteiger partial charge >= 0.3 is 0 Å². The maximum absolute atomic E-state index is 9.80. The van der Waals surface area contributed by atoms with Gasteiger partial charge in [0.15, 0.2) is 0 Å². The summed E-state index contributed by atoms with van der Waals surface area (Å²) < 4.78 is 5.47. The number of aliphatic hydroxyl groups excluding tert-OH is 1. The zero-order valence-corrected chi connectivity index (χ0v) is 9.99. The maximum Gasteiger partial charge on any atom is 0.122 e. The van der Waals surface area contributed by atoms with E-state index in [4.69, 9.17) is 10.6 Å². The Morgan fingerprint density at radius 3 is 2.56 bits per heavy atom. The summed E-state index contributed by atoms with van der Waals surface area (Å²) in [5.41, 5.74) is 2.79.